The highest BCUT2D eigenvalue weighted by molar-refractivity contribution is 7.08. The van der Waals surface area contributed by atoms with Crippen molar-refractivity contribution in [2.24, 2.45) is 0 Å². The molecule has 3 aromatic rings. The molecule has 0 aliphatic heterocycles. The number of nitrogens with zero attached hydrogens (tertiary/aromatic N) is 4. The number of hydrogen-bond acceptors (Lipinski definition) is 5. The fourth-order valence-corrected chi connectivity index (χ4v) is 2.31. The summed E-state index contributed by atoms with van der Waals surface area (Å²) in [5.74, 6) is 0.695. The Labute approximate surface area is 108 Å². The van der Waals surface area contributed by atoms with E-state index in [0.29, 0.717) is 5.82 Å². The van der Waals surface area contributed by atoms with Gasteiger partial charge in [-0.15, -0.1) is 5.10 Å². The predicted octanol–water partition coefficient (Wildman–Crippen LogP) is 2.28. The van der Waals surface area contributed by atoms with Crippen molar-refractivity contribution in [3.63, 3.8) is 0 Å². The summed E-state index contributed by atoms with van der Waals surface area (Å²) in [5, 5.41) is 15.8. The molecule has 0 aliphatic rings. The summed E-state index contributed by atoms with van der Waals surface area (Å²) in [4.78, 5) is 0. The third kappa shape index (κ3) is 1.76. The van der Waals surface area contributed by atoms with Crippen LogP contribution in [0.15, 0.2) is 35.0 Å². The first-order chi connectivity index (χ1) is 8.75. The summed E-state index contributed by atoms with van der Waals surface area (Å²) in [7, 11) is 0. The van der Waals surface area contributed by atoms with Crippen molar-refractivity contribution < 1.29 is 0 Å². The Bertz CT molecular complexity index is 672. The van der Waals surface area contributed by atoms with E-state index >= 15 is 0 Å². The minimum Gasteiger partial charge on any atom is -0.398 e. The molecule has 2 aromatic heterocycles. The summed E-state index contributed by atoms with van der Waals surface area (Å²) < 4.78 is 1.71. The molecule has 0 bridgehead atoms. The van der Waals surface area contributed by atoms with Crippen LogP contribution in [-0.4, -0.2) is 20.2 Å². The summed E-state index contributed by atoms with van der Waals surface area (Å²) in [6.07, 6.45) is 0. The Balaban J connectivity index is 2.13. The van der Waals surface area contributed by atoms with E-state index in [1.165, 1.54) is 0 Å². The van der Waals surface area contributed by atoms with E-state index in [9.17, 15) is 0 Å². The lowest BCUT2D eigenvalue weighted by molar-refractivity contribution is 0.793. The van der Waals surface area contributed by atoms with Gasteiger partial charge in [0.05, 0.1) is 5.69 Å². The SMILES string of the molecule is Cc1ccc(-c2nnnn2-c2ccsc2)cc1N. The van der Waals surface area contributed by atoms with Gasteiger partial charge >= 0.3 is 0 Å². The van der Waals surface area contributed by atoms with E-state index < -0.39 is 0 Å². The molecule has 0 saturated carbocycles. The van der Waals surface area contributed by atoms with Gasteiger partial charge in [0, 0.05) is 16.6 Å². The van der Waals surface area contributed by atoms with Gasteiger partial charge < -0.3 is 5.73 Å². The molecule has 90 valence electrons. The molecule has 0 radical (unpaired) electrons. The number of anilines is 1. The Morgan fingerprint density at radius 3 is 2.89 bits per heavy atom. The molecular formula is C12H11N5S. The molecule has 6 heteroatoms. The van der Waals surface area contributed by atoms with Crippen LogP contribution in [0, 0.1) is 6.92 Å². The van der Waals surface area contributed by atoms with Crippen LogP contribution in [0.5, 0.6) is 0 Å². The molecule has 0 spiro atoms. The number of rotatable bonds is 2. The maximum atomic E-state index is 5.92. The second kappa shape index (κ2) is 4.23. The van der Waals surface area contributed by atoms with Crippen LogP contribution in [-0.2, 0) is 0 Å². The standard InChI is InChI=1S/C12H11N5S/c1-8-2-3-9(6-11(8)13)12-14-15-16-17(12)10-4-5-18-7-10/h2-7H,13H2,1H3. The van der Waals surface area contributed by atoms with Gasteiger partial charge in [0.2, 0.25) is 0 Å². The average Bonchev–Trinajstić information content (AvgIpc) is 3.00. The van der Waals surface area contributed by atoms with Crippen LogP contribution in [0.25, 0.3) is 17.1 Å². The quantitative estimate of drug-likeness (QED) is 0.715. The molecule has 0 amide bonds. The Morgan fingerprint density at radius 2 is 2.17 bits per heavy atom. The fourth-order valence-electron chi connectivity index (χ4n) is 1.70. The van der Waals surface area contributed by atoms with Crippen LogP contribution < -0.4 is 5.73 Å². The molecule has 1 aromatic carbocycles. The zero-order valence-corrected chi connectivity index (χ0v) is 10.6. The highest BCUT2D eigenvalue weighted by Gasteiger charge is 2.11. The largest absolute Gasteiger partial charge is 0.398 e. The number of nitrogens with two attached hydrogens (primary N) is 1. The summed E-state index contributed by atoms with van der Waals surface area (Å²) >= 11 is 1.61. The third-order valence-electron chi connectivity index (χ3n) is 2.76. The van der Waals surface area contributed by atoms with E-state index in [-0.39, 0.29) is 0 Å². The second-order valence-electron chi connectivity index (χ2n) is 3.97. The maximum absolute atomic E-state index is 5.92. The lowest BCUT2D eigenvalue weighted by atomic mass is 10.1. The van der Waals surface area contributed by atoms with Crippen molar-refractivity contribution in [3.8, 4) is 17.1 Å². The molecule has 0 fully saturated rings. The lowest BCUT2D eigenvalue weighted by Crippen LogP contribution is -1.99. The number of aromatic nitrogens is 4. The number of hydrogen-bond donors (Lipinski definition) is 1. The zero-order valence-electron chi connectivity index (χ0n) is 9.74. The van der Waals surface area contributed by atoms with Crippen LogP contribution >= 0.6 is 11.3 Å². The van der Waals surface area contributed by atoms with Gasteiger partial charge in [0.1, 0.15) is 0 Å². The zero-order chi connectivity index (χ0) is 12.5. The number of aryl methyl sites for hydroxylation is 1. The molecule has 2 N–H and O–H groups in total. The van der Waals surface area contributed by atoms with E-state index in [1.807, 2.05) is 41.9 Å². The molecule has 3 rings (SSSR count). The van der Waals surface area contributed by atoms with Crippen molar-refractivity contribution in [2.75, 3.05) is 5.73 Å². The normalized spacial score (nSPS) is 10.7. The number of thiophene rings is 1. The van der Waals surface area contributed by atoms with Crippen LogP contribution in [0.1, 0.15) is 5.56 Å². The maximum Gasteiger partial charge on any atom is 0.187 e. The van der Waals surface area contributed by atoms with E-state index in [2.05, 4.69) is 15.5 Å². The topological polar surface area (TPSA) is 69.6 Å². The van der Waals surface area contributed by atoms with Gasteiger partial charge in [-0.3, -0.25) is 0 Å². The fraction of sp³-hybridized carbons (Fsp3) is 0.0833. The first-order valence-electron chi connectivity index (χ1n) is 5.43. The lowest BCUT2D eigenvalue weighted by Gasteiger charge is -2.05. The van der Waals surface area contributed by atoms with Crippen LogP contribution in [0.2, 0.25) is 0 Å². The Morgan fingerprint density at radius 1 is 1.28 bits per heavy atom. The molecule has 0 unspecified atom stereocenters. The van der Waals surface area contributed by atoms with Crippen LogP contribution in [0.4, 0.5) is 5.69 Å². The van der Waals surface area contributed by atoms with E-state index in [4.69, 9.17) is 5.73 Å². The third-order valence-corrected chi connectivity index (χ3v) is 3.43. The Kier molecular flexibility index (Phi) is 2.56. The van der Waals surface area contributed by atoms with Crippen molar-refractivity contribution in [1.82, 2.24) is 20.2 Å². The Hall–Kier alpha value is -2.21. The molecule has 0 saturated heterocycles. The minimum atomic E-state index is 0.695. The second-order valence-corrected chi connectivity index (χ2v) is 4.75. The smallest absolute Gasteiger partial charge is 0.187 e. The highest BCUT2D eigenvalue weighted by atomic mass is 32.1. The molecule has 2 heterocycles. The van der Waals surface area contributed by atoms with Crippen molar-refractivity contribution >= 4 is 17.0 Å². The number of tetrazole rings is 1. The van der Waals surface area contributed by atoms with E-state index in [1.54, 1.807) is 16.0 Å². The van der Waals surface area contributed by atoms with E-state index in [0.717, 1.165) is 22.5 Å². The number of nitrogen functional groups attached to an aromatic ring is 1. The van der Waals surface area contributed by atoms with Gasteiger partial charge in [0.25, 0.3) is 0 Å². The van der Waals surface area contributed by atoms with Crippen molar-refractivity contribution in [1.29, 1.82) is 0 Å². The van der Waals surface area contributed by atoms with Gasteiger partial charge in [-0.25, -0.2) is 0 Å². The minimum absolute atomic E-state index is 0.695. The summed E-state index contributed by atoms with van der Waals surface area (Å²) in [6, 6.07) is 7.81. The van der Waals surface area contributed by atoms with Gasteiger partial charge in [-0.1, -0.05) is 12.1 Å². The van der Waals surface area contributed by atoms with Crippen molar-refractivity contribution in [2.45, 2.75) is 6.92 Å². The van der Waals surface area contributed by atoms with Crippen LogP contribution in [0.3, 0.4) is 0 Å². The summed E-state index contributed by atoms with van der Waals surface area (Å²) in [6.45, 7) is 1.97. The predicted molar refractivity (Wildman–Crippen MR) is 71.6 cm³/mol. The highest BCUT2D eigenvalue weighted by Crippen LogP contribution is 2.24. The van der Waals surface area contributed by atoms with Crippen molar-refractivity contribution in [3.05, 3.63) is 40.6 Å². The monoisotopic (exact) mass is 257 g/mol. The number of benzene rings is 1. The average molecular weight is 257 g/mol. The first kappa shape index (κ1) is 10.9. The molecule has 5 nitrogen and oxygen atoms in total. The van der Waals surface area contributed by atoms with Gasteiger partial charge in [0.15, 0.2) is 5.82 Å². The molecule has 0 aliphatic carbocycles. The molecular weight excluding hydrogens is 246 g/mol. The van der Waals surface area contributed by atoms with Gasteiger partial charge in [-0.05, 0) is 40.4 Å². The van der Waals surface area contributed by atoms with Gasteiger partial charge in [-0.2, -0.15) is 16.0 Å². The molecule has 0 atom stereocenters. The summed E-state index contributed by atoms with van der Waals surface area (Å²) in [5.41, 5.74) is 9.58. The first-order valence-corrected chi connectivity index (χ1v) is 6.37. The molecule has 18 heavy (non-hydrogen) atoms.